The van der Waals surface area contributed by atoms with Crippen molar-refractivity contribution in [1.29, 1.82) is 0 Å². The molecular formula is C24H29N5O4. The summed E-state index contributed by atoms with van der Waals surface area (Å²) in [6.07, 6.45) is -0.0312. The summed E-state index contributed by atoms with van der Waals surface area (Å²) in [6.45, 7) is 3.25. The van der Waals surface area contributed by atoms with Gasteiger partial charge in [-0.05, 0) is 36.4 Å². The van der Waals surface area contributed by atoms with Gasteiger partial charge in [-0.3, -0.25) is 9.59 Å². The maximum Gasteiger partial charge on any atom is 0.322 e. The van der Waals surface area contributed by atoms with E-state index in [1.54, 1.807) is 24.1 Å². The maximum absolute atomic E-state index is 13.0. The average Bonchev–Trinajstić information content (AvgIpc) is 2.86. The minimum absolute atomic E-state index is 0.0312. The van der Waals surface area contributed by atoms with Crippen LogP contribution < -0.4 is 20.3 Å². The van der Waals surface area contributed by atoms with Crippen LogP contribution in [0.15, 0.2) is 54.6 Å². The lowest BCUT2D eigenvalue weighted by Crippen LogP contribution is -2.60. The molecule has 4 amide bonds. The third kappa shape index (κ3) is 5.36. The van der Waals surface area contributed by atoms with Crippen molar-refractivity contribution in [3.8, 4) is 5.75 Å². The van der Waals surface area contributed by atoms with Gasteiger partial charge < -0.3 is 30.1 Å². The number of anilines is 2. The van der Waals surface area contributed by atoms with Gasteiger partial charge in [-0.25, -0.2) is 4.79 Å². The first kappa shape index (κ1) is 22.4. The van der Waals surface area contributed by atoms with E-state index in [0.717, 1.165) is 11.4 Å². The number of para-hydroxylation sites is 1. The quantitative estimate of drug-likeness (QED) is 0.723. The van der Waals surface area contributed by atoms with E-state index >= 15 is 0 Å². The number of methoxy groups -OCH3 is 1. The largest absolute Gasteiger partial charge is 0.497 e. The topological polar surface area (TPSA) is 94.2 Å². The molecule has 2 N–H and O–H groups in total. The van der Waals surface area contributed by atoms with E-state index in [9.17, 15) is 14.4 Å². The van der Waals surface area contributed by atoms with E-state index < -0.39 is 6.04 Å². The normalized spacial score (nSPS) is 18.5. The standard InChI is InChI=1S/C24H29N5O4/c1-33-20-9-7-19(8-10-20)27-13-15-28(16-14-27)22(30)17-21-23(31)25-11-12-29(21)24(32)26-18-5-3-2-4-6-18/h2-10,21H,11-17H2,1H3,(H,25,31)(H,26,32)/t21-/m1/s1. The van der Waals surface area contributed by atoms with Gasteiger partial charge in [0.1, 0.15) is 11.8 Å². The highest BCUT2D eigenvalue weighted by Crippen LogP contribution is 2.21. The number of urea groups is 1. The lowest BCUT2D eigenvalue weighted by Gasteiger charge is -2.38. The number of carbonyl (C=O) groups excluding carboxylic acids is 3. The van der Waals surface area contributed by atoms with Crippen LogP contribution >= 0.6 is 0 Å². The lowest BCUT2D eigenvalue weighted by atomic mass is 10.1. The zero-order chi connectivity index (χ0) is 23.2. The highest BCUT2D eigenvalue weighted by atomic mass is 16.5. The first-order chi connectivity index (χ1) is 16.0. The van der Waals surface area contributed by atoms with Crippen molar-refractivity contribution in [2.75, 3.05) is 56.6 Å². The van der Waals surface area contributed by atoms with Crippen LogP contribution in [0.1, 0.15) is 6.42 Å². The second kappa shape index (κ2) is 10.2. The molecule has 4 rings (SSSR count). The van der Waals surface area contributed by atoms with Crippen LogP contribution in [0.3, 0.4) is 0 Å². The number of amides is 4. The second-order valence-corrected chi connectivity index (χ2v) is 8.07. The Bertz CT molecular complexity index is 974. The summed E-state index contributed by atoms with van der Waals surface area (Å²) >= 11 is 0. The summed E-state index contributed by atoms with van der Waals surface area (Å²) in [4.78, 5) is 43.8. The van der Waals surface area contributed by atoms with Crippen molar-refractivity contribution in [3.63, 3.8) is 0 Å². The minimum Gasteiger partial charge on any atom is -0.497 e. The summed E-state index contributed by atoms with van der Waals surface area (Å²) in [6, 6.07) is 15.7. The Morgan fingerprint density at radius 3 is 2.36 bits per heavy atom. The van der Waals surface area contributed by atoms with Gasteiger partial charge in [0, 0.05) is 50.6 Å². The summed E-state index contributed by atoms with van der Waals surface area (Å²) in [5.74, 6) is 0.387. The Labute approximate surface area is 193 Å². The molecule has 2 fully saturated rings. The summed E-state index contributed by atoms with van der Waals surface area (Å²) in [5, 5.41) is 5.59. The zero-order valence-electron chi connectivity index (χ0n) is 18.7. The molecule has 2 aromatic rings. The first-order valence-corrected chi connectivity index (χ1v) is 11.1. The van der Waals surface area contributed by atoms with Crippen molar-refractivity contribution in [3.05, 3.63) is 54.6 Å². The highest BCUT2D eigenvalue weighted by molar-refractivity contribution is 5.96. The zero-order valence-corrected chi connectivity index (χ0v) is 18.7. The van der Waals surface area contributed by atoms with Crippen molar-refractivity contribution in [2.24, 2.45) is 0 Å². The summed E-state index contributed by atoms with van der Waals surface area (Å²) in [7, 11) is 1.64. The van der Waals surface area contributed by atoms with Crippen LogP contribution in [0, 0.1) is 0 Å². The molecule has 9 nitrogen and oxygen atoms in total. The number of hydrogen-bond acceptors (Lipinski definition) is 5. The van der Waals surface area contributed by atoms with Crippen LogP contribution in [0.5, 0.6) is 5.75 Å². The molecule has 0 spiro atoms. The number of ether oxygens (including phenoxy) is 1. The van der Waals surface area contributed by atoms with Crippen molar-refractivity contribution in [2.45, 2.75) is 12.5 Å². The molecule has 0 radical (unpaired) electrons. The molecule has 0 aliphatic carbocycles. The minimum atomic E-state index is -0.824. The monoisotopic (exact) mass is 451 g/mol. The average molecular weight is 452 g/mol. The molecule has 174 valence electrons. The van der Waals surface area contributed by atoms with Crippen molar-refractivity contribution >= 4 is 29.2 Å². The SMILES string of the molecule is COc1ccc(N2CCN(C(=O)C[C@@H]3C(=O)NCCN3C(=O)Nc3ccccc3)CC2)cc1. The molecule has 0 unspecified atom stereocenters. The van der Waals surface area contributed by atoms with E-state index in [1.165, 1.54) is 4.90 Å². The fourth-order valence-electron chi connectivity index (χ4n) is 4.18. The summed E-state index contributed by atoms with van der Waals surface area (Å²) in [5.41, 5.74) is 1.73. The second-order valence-electron chi connectivity index (χ2n) is 8.07. The molecule has 2 aromatic carbocycles. The molecule has 2 aliphatic rings. The third-order valence-electron chi connectivity index (χ3n) is 6.05. The molecule has 1 atom stereocenters. The Kier molecular flexibility index (Phi) is 6.97. The van der Waals surface area contributed by atoms with Gasteiger partial charge in [-0.1, -0.05) is 18.2 Å². The van der Waals surface area contributed by atoms with Crippen LogP contribution in [-0.2, 0) is 9.59 Å². The van der Waals surface area contributed by atoms with Crippen molar-refractivity contribution in [1.82, 2.24) is 15.1 Å². The Morgan fingerprint density at radius 2 is 1.70 bits per heavy atom. The van der Waals surface area contributed by atoms with Gasteiger partial charge >= 0.3 is 6.03 Å². The Morgan fingerprint density at radius 1 is 1.00 bits per heavy atom. The molecule has 2 heterocycles. The first-order valence-electron chi connectivity index (χ1n) is 11.1. The van der Waals surface area contributed by atoms with E-state index in [0.29, 0.717) is 45.0 Å². The molecule has 0 saturated carbocycles. The fraction of sp³-hybridized carbons (Fsp3) is 0.375. The molecule has 0 aromatic heterocycles. The van der Waals surface area contributed by atoms with E-state index in [1.807, 2.05) is 42.5 Å². The number of hydrogen-bond donors (Lipinski definition) is 2. The number of carbonyl (C=O) groups is 3. The molecule has 0 bridgehead atoms. The van der Waals surface area contributed by atoms with Gasteiger partial charge in [-0.2, -0.15) is 0 Å². The Balaban J connectivity index is 1.34. The van der Waals surface area contributed by atoms with Gasteiger partial charge in [0.05, 0.1) is 13.5 Å². The number of rotatable bonds is 5. The van der Waals surface area contributed by atoms with E-state index in [2.05, 4.69) is 15.5 Å². The number of benzene rings is 2. The van der Waals surface area contributed by atoms with Crippen molar-refractivity contribution < 1.29 is 19.1 Å². The van der Waals surface area contributed by atoms with Gasteiger partial charge in [-0.15, -0.1) is 0 Å². The maximum atomic E-state index is 13.0. The predicted molar refractivity (Wildman–Crippen MR) is 125 cm³/mol. The van der Waals surface area contributed by atoms with E-state index in [-0.39, 0.29) is 24.3 Å². The summed E-state index contributed by atoms with van der Waals surface area (Å²) < 4.78 is 5.21. The third-order valence-corrected chi connectivity index (χ3v) is 6.05. The van der Waals surface area contributed by atoms with Gasteiger partial charge in [0.25, 0.3) is 0 Å². The predicted octanol–water partition coefficient (Wildman–Crippen LogP) is 1.77. The Hall–Kier alpha value is -3.75. The smallest absolute Gasteiger partial charge is 0.322 e. The van der Waals surface area contributed by atoms with Crippen LogP contribution in [0.25, 0.3) is 0 Å². The van der Waals surface area contributed by atoms with Crippen LogP contribution in [-0.4, -0.2) is 80.1 Å². The highest BCUT2D eigenvalue weighted by Gasteiger charge is 2.36. The molecule has 9 heteroatoms. The van der Waals surface area contributed by atoms with Crippen LogP contribution in [0.2, 0.25) is 0 Å². The number of nitrogens with one attached hydrogen (secondary N) is 2. The van der Waals surface area contributed by atoms with E-state index in [4.69, 9.17) is 4.74 Å². The molecule has 2 saturated heterocycles. The molecular weight excluding hydrogens is 422 g/mol. The lowest BCUT2D eigenvalue weighted by molar-refractivity contribution is -0.137. The fourth-order valence-corrected chi connectivity index (χ4v) is 4.18. The van der Waals surface area contributed by atoms with Gasteiger partial charge in [0.2, 0.25) is 11.8 Å². The molecule has 2 aliphatic heterocycles. The number of nitrogens with zero attached hydrogens (tertiary/aromatic N) is 3. The number of piperazine rings is 2. The van der Waals surface area contributed by atoms with Crippen LogP contribution in [0.4, 0.5) is 16.2 Å². The van der Waals surface area contributed by atoms with Gasteiger partial charge in [0.15, 0.2) is 0 Å². The molecule has 33 heavy (non-hydrogen) atoms.